The van der Waals surface area contributed by atoms with Crippen LogP contribution in [0.25, 0.3) is 11.3 Å². The number of rotatable bonds is 2. The van der Waals surface area contributed by atoms with Gasteiger partial charge in [0, 0.05) is 17.3 Å². The molecule has 2 rings (SSSR count). The standard InChI is InChI=1S/C10H11N5O2S/c11-6-1-2-9(18(13,16)17)7(3-6)8-4-10(12)15-5-14-8/h1-5H,11H2,(H2,12,14,15)(H2,13,16,17). The van der Waals surface area contributed by atoms with Crippen molar-refractivity contribution in [3.8, 4) is 11.3 Å². The fourth-order valence-corrected chi connectivity index (χ4v) is 2.24. The van der Waals surface area contributed by atoms with E-state index >= 15 is 0 Å². The van der Waals surface area contributed by atoms with Gasteiger partial charge in [0.25, 0.3) is 0 Å². The second kappa shape index (κ2) is 4.24. The van der Waals surface area contributed by atoms with Crippen LogP contribution in [0.1, 0.15) is 0 Å². The van der Waals surface area contributed by atoms with Crippen LogP contribution < -0.4 is 16.6 Å². The van der Waals surface area contributed by atoms with Crippen molar-refractivity contribution in [3.05, 3.63) is 30.6 Å². The van der Waals surface area contributed by atoms with E-state index < -0.39 is 10.0 Å². The quantitative estimate of drug-likeness (QED) is 0.651. The number of nitrogens with zero attached hydrogens (tertiary/aromatic N) is 2. The van der Waals surface area contributed by atoms with Gasteiger partial charge < -0.3 is 11.5 Å². The van der Waals surface area contributed by atoms with Gasteiger partial charge in [-0.1, -0.05) is 0 Å². The summed E-state index contributed by atoms with van der Waals surface area (Å²) in [6.07, 6.45) is 1.24. The number of primary sulfonamides is 1. The van der Waals surface area contributed by atoms with Crippen molar-refractivity contribution in [2.45, 2.75) is 4.90 Å². The third kappa shape index (κ3) is 2.39. The van der Waals surface area contributed by atoms with Gasteiger partial charge in [0.05, 0.1) is 10.6 Å². The van der Waals surface area contributed by atoms with Crippen molar-refractivity contribution in [3.63, 3.8) is 0 Å². The number of anilines is 2. The summed E-state index contributed by atoms with van der Waals surface area (Å²) >= 11 is 0. The molecule has 0 bridgehead atoms. The predicted molar refractivity (Wildman–Crippen MR) is 67.7 cm³/mol. The Balaban J connectivity index is 2.74. The maximum absolute atomic E-state index is 11.5. The molecular formula is C10H11N5O2S. The lowest BCUT2D eigenvalue weighted by Gasteiger charge is -2.08. The first-order chi connectivity index (χ1) is 8.38. The summed E-state index contributed by atoms with van der Waals surface area (Å²) in [5, 5.41) is 5.14. The van der Waals surface area contributed by atoms with Gasteiger partial charge in [0.1, 0.15) is 12.1 Å². The highest BCUT2D eigenvalue weighted by Crippen LogP contribution is 2.27. The molecule has 0 saturated heterocycles. The normalized spacial score (nSPS) is 11.4. The molecule has 7 nitrogen and oxygen atoms in total. The molecule has 0 amide bonds. The molecule has 6 N–H and O–H groups in total. The van der Waals surface area contributed by atoms with Crippen molar-refractivity contribution in [2.24, 2.45) is 5.14 Å². The minimum Gasteiger partial charge on any atom is -0.399 e. The van der Waals surface area contributed by atoms with Gasteiger partial charge in [-0.25, -0.2) is 23.5 Å². The lowest BCUT2D eigenvalue weighted by atomic mass is 10.1. The first-order valence-electron chi connectivity index (χ1n) is 4.88. The maximum atomic E-state index is 11.5. The van der Waals surface area contributed by atoms with Crippen LogP contribution in [0.15, 0.2) is 35.5 Å². The Bertz CT molecular complexity index is 699. The molecule has 18 heavy (non-hydrogen) atoms. The highest BCUT2D eigenvalue weighted by atomic mass is 32.2. The molecule has 0 unspecified atom stereocenters. The van der Waals surface area contributed by atoms with Crippen LogP contribution in [0.5, 0.6) is 0 Å². The molecule has 94 valence electrons. The topological polar surface area (TPSA) is 138 Å². The van der Waals surface area contributed by atoms with Gasteiger partial charge in [0.15, 0.2) is 0 Å². The lowest BCUT2D eigenvalue weighted by Crippen LogP contribution is -2.14. The van der Waals surface area contributed by atoms with Crippen molar-refractivity contribution < 1.29 is 8.42 Å². The fourth-order valence-electron chi connectivity index (χ4n) is 1.52. The van der Waals surface area contributed by atoms with E-state index in [-0.39, 0.29) is 10.7 Å². The van der Waals surface area contributed by atoms with E-state index in [0.29, 0.717) is 16.9 Å². The van der Waals surface area contributed by atoms with Crippen molar-refractivity contribution in [1.29, 1.82) is 0 Å². The minimum absolute atomic E-state index is 0.0604. The summed E-state index contributed by atoms with van der Waals surface area (Å²) in [6.45, 7) is 0. The van der Waals surface area contributed by atoms with E-state index in [0.717, 1.165) is 0 Å². The Hall–Kier alpha value is -2.19. The molecule has 8 heteroatoms. The summed E-state index contributed by atoms with van der Waals surface area (Å²) < 4.78 is 23.0. The summed E-state index contributed by atoms with van der Waals surface area (Å²) in [5.41, 5.74) is 12.2. The monoisotopic (exact) mass is 265 g/mol. The number of aromatic nitrogens is 2. The molecule has 0 spiro atoms. The zero-order valence-corrected chi connectivity index (χ0v) is 10.1. The maximum Gasteiger partial charge on any atom is 0.238 e. The third-order valence-corrected chi connectivity index (χ3v) is 3.24. The van der Waals surface area contributed by atoms with Crippen LogP contribution in [0, 0.1) is 0 Å². The molecule has 0 saturated carbocycles. The van der Waals surface area contributed by atoms with Crippen LogP contribution in [0.2, 0.25) is 0 Å². The zero-order valence-electron chi connectivity index (χ0n) is 9.24. The summed E-state index contributed by atoms with van der Waals surface area (Å²) in [6, 6.07) is 5.71. The minimum atomic E-state index is -3.87. The molecule has 0 atom stereocenters. The second-order valence-corrected chi connectivity index (χ2v) is 5.16. The fraction of sp³-hybridized carbons (Fsp3) is 0. The summed E-state index contributed by atoms with van der Waals surface area (Å²) in [5.74, 6) is 0.225. The van der Waals surface area contributed by atoms with Crippen molar-refractivity contribution in [2.75, 3.05) is 11.5 Å². The van der Waals surface area contributed by atoms with E-state index in [9.17, 15) is 8.42 Å². The van der Waals surface area contributed by atoms with Crippen LogP contribution in [-0.2, 0) is 10.0 Å². The summed E-state index contributed by atoms with van der Waals surface area (Å²) in [7, 11) is -3.87. The first-order valence-corrected chi connectivity index (χ1v) is 6.43. The Morgan fingerprint density at radius 2 is 1.78 bits per heavy atom. The lowest BCUT2D eigenvalue weighted by molar-refractivity contribution is 0.598. The molecule has 1 aromatic heterocycles. The predicted octanol–water partition coefficient (Wildman–Crippen LogP) is -0.0446. The van der Waals surface area contributed by atoms with Crippen molar-refractivity contribution in [1.82, 2.24) is 9.97 Å². The SMILES string of the molecule is Nc1ccc(S(N)(=O)=O)c(-c2cc(N)ncn2)c1. The average molecular weight is 265 g/mol. The highest BCUT2D eigenvalue weighted by molar-refractivity contribution is 7.89. The molecule has 2 aromatic rings. The molecular weight excluding hydrogens is 254 g/mol. The van der Waals surface area contributed by atoms with Crippen molar-refractivity contribution >= 4 is 21.5 Å². The van der Waals surface area contributed by atoms with Gasteiger partial charge >= 0.3 is 0 Å². The number of nitrogens with two attached hydrogens (primary N) is 3. The molecule has 0 aliphatic heterocycles. The molecule has 1 heterocycles. The van der Waals surface area contributed by atoms with E-state index in [1.54, 1.807) is 0 Å². The van der Waals surface area contributed by atoms with Crippen LogP contribution in [0.3, 0.4) is 0 Å². The Labute approximate surface area is 104 Å². The number of hydrogen-bond donors (Lipinski definition) is 3. The van der Waals surface area contributed by atoms with Crippen LogP contribution in [0.4, 0.5) is 11.5 Å². The van der Waals surface area contributed by atoms with Gasteiger partial charge in [-0.3, -0.25) is 0 Å². The number of benzene rings is 1. The highest BCUT2D eigenvalue weighted by Gasteiger charge is 2.16. The number of sulfonamides is 1. The Morgan fingerprint density at radius 3 is 2.39 bits per heavy atom. The zero-order chi connectivity index (χ0) is 13.3. The average Bonchev–Trinajstić information content (AvgIpc) is 2.27. The number of nitrogen functional groups attached to an aromatic ring is 2. The molecule has 0 radical (unpaired) electrons. The van der Waals surface area contributed by atoms with Gasteiger partial charge in [0.2, 0.25) is 10.0 Å². The van der Waals surface area contributed by atoms with Gasteiger partial charge in [-0.2, -0.15) is 0 Å². The van der Waals surface area contributed by atoms with Crippen LogP contribution in [-0.4, -0.2) is 18.4 Å². The van der Waals surface area contributed by atoms with Gasteiger partial charge in [-0.15, -0.1) is 0 Å². The Kier molecular flexibility index (Phi) is 2.89. The smallest absolute Gasteiger partial charge is 0.238 e. The largest absolute Gasteiger partial charge is 0.399 e. The van der Waals surface area contributed by atoms with Crippen LogP contribution >= 0.6 is 0 Å². The molecule has 0 fully saturated rings. The van der Waals surface area contributed by atoms with E-state index in [2.05, 4.69) is 9.97 Å². The Morgan fingerprint density at radius 1 is 1.06 bits per heavy atom. The molecule has 0 aliphatic rings. The van der Waals surface area contributed by atoms with E-state index in [4.69, 9.17) is 16.6 Å². The van der Waals surface area contributed by atoms with E-state index in [1.807, 2.05) is 0 Å². The molecule has 1 aromatic carbocycles. The second-order valence-electron chi connectivity index (χ2n) is 3.63. The molecule has 0 aliphatic carbocycles. The van der Waals surface area contributed by atoms with Gasteiger partial charge in [-0.05, 0) is 18.2 Å². The summed E-state index contributed by atoms with van der Waals surface area (Å²) in [4.78, 5) is 7.63. The first kappa shape index (κ1) is 12.3. The van der Waals surface area contributed by atoms with E-state index in [1.165, 1.54) is 30.6 Å². The number of hydrogen-bond acceptors (Lipinski definition) is 6. The third-order valence-electron chi connectivity index (χ3n) is 2.27.